The van der Waals surface area contributed by atoms with Gasteiger partial charge in [0, 0.05) is 69.6 Å². The molecule has 0 aromatic rings. The highest BCUT2D eigenvalue weighted by atomic mass is 32.2. The number of aliphatic imine (C=N–C) groups is 1. The van der Waals surface area contributed by atoms with Crippen molar-refractivity contribution in [3.05, 3.63) is 82.4 Å². The number of allylic oxidation sites excluding steroid dienone is 6. The van der Waals surface area contributed by atoms with Gasteiger partial charge in [0.25, 0.3) is 0 Å². The largest absolute Gasteiger partial charge is 0.391 e. The molecule has 1 amide bonds. The van der Waals surface area contributed by atoms with Gasteiger partial charge in [0.2, 0.25) is 5.91 Å². The molecular formula is C31H43FN6OS. The Morgan fingerprint density at radius 3 is 2.77 bits per heavy atom. The predicted octanol–water partition coefficient (Wildman–Crippen LogP) is 4.09. The monoisotopic (exact) mass is 566 g/mol. The average molecular weight is 567 g/mol. The van der Waals surface area contributed by atoms with E-state index in [2.05, 4.69) is 70.1 Å². The van der Waals surface area contributed by atoms with Crippen molar-refractivity contribution in [3.8, 4) is 0 Å². The lowest BCUT2D eigenvalue weighted by Gasteiger charge is -2.31. The molecule has 0 aromatic heterocycles. The van der Waals surface area contributed by atoms with E-state index >= 15 is 0 Å². The van der Waals surface area contributed by atoms with E-state index in [0.717, 1.165) is 30.7 Å². The first-order valence-electron chi connectivity index (χ1n) is 14.1. The zero-order chi connectivity index (χ0) is 28.6. The highest BCUT2D eigenvalue weighted by Crippen LogP contribution is 2.39. The lowest BCUT2D eigenvalue weighted by atomic mass is 9.95. The lowest BCUT2D eigenvalue weighted by Crippen LogP contribution is -2.47. The fraction of sp³-hybridized carbons (Fsp3) is 0.484. The number of carbonyl (C=O) groups excluding carboxylic acids is 1. The maximum absolute atomic E-state index is 13.4. The number of hydrogen-bond donors (Lipinski definition) is 4. The summed E-state index contributed by atoms with van der Waals surface area (Å²) in [4.78, 5) is 21.2. The van der Waals surface area contributed by atoms with Crippen LogP contribution in [0.25, 0.3) is 0 Å². The second-order valence-corrected chi connectivity index (χ2v) is 12.2. The van der Waals surface area contributed by atoms with E-state index in [0.29, 0.717) is 24.6 Å². The summed E-state index contributed by atoms with van der Waals surface area (Å²) in [5.74, 6) is -0.587. The molecule has 4 N–H and O–H groups in total. The van der Waals surface area contributed by atoms with Crippen LogP contribution in [0.2, 0.25) is 0 Å². The minimum Gasteiger partial charge on any atom is -0.391 e. The van der Waals surface area contributed by atoms with E-state index in [1.165, 1.54) is 22.3 Å². The number of rotatable bonds is 12. The van der Waals surface area contributed by atoms with Crippen molar-refractivity contribution < 1.29 is 9.18 Å². The Labute approximate surface area is 242 Å². The maximum Gasteiger partial charge on any atom is 0.230 e. The molecule has 216 valence electrons. The van der Waals surface area contributed by atoms with Gasteiger partial charge in [-0.25, -0.2) is 4.39 Å². The number of thioether (sulfide) groups is 1. The topological polar surface area (TPSA) is 80.8 Å². The van der Waals surface area contributed by atoms with Crippen molar-refractivity contribution in [1.29, 1.82) is 0 Å². The van der Waals surface area contributed by atoms with Gasteiger partial charge in [-0.05, 0) is 60.5 Å². The SMILES string of the molecule is C=C(CN[C@H]1CC=C([C@@H]2CC=C(CNC3N=CC=C[C@H]3C(=O)N[C@@H](C)C3=CC=C(F)CC3)S2)C=C1N(C)C)NC. The number of nitrogens with zero attached hydrogens (tertiary/aromatic N) is 2. The highest BCUT2D eigenvalue weighted by molar-refractivity contribution is 8.04. The quantitative estimate of drug-likeness (QED) is 0.285. The van der Waals surface area contributed by atoms with Gasteiger partial charge in [0.1, 0.15) is 12.0 Å². The van der Waals surface area contributed by atoms with E-state index in [4.69, 9.17) is 0 Å². The molecule has 40 heavy (non-hydrogen) atoms. The minimum atomic E-state index is -0.401. The summed E-state index contributed by atoms with van der Waals surface area (Å²) in [5.41, 5.74) is 4.66. The van der Waals surface area contributed by atoms with Gasteiger partial charge >= 0.3 is 0 Å². The molecular weight excluding hydrogens is 523 g/mol. The van der Waals surface area contributed by atoms with Gasteiger partial charge in [-0.1, -0.05) is 30.9 Å². The molecule has 2 aliphatic carbocycles. The fourth-order valence-corrected chi connectivity index (χ4v) is 6.46. The molecule has 7 nitrogen and oxygen atoms in total. The Morgan fingerprint density at radius 2 is 2.05 bits per heavy atom. The van der Waals surface area contributed by atoms with Crippen LogP contribution in [0.5, 0.6) is 0 Å². The third-order valence-corrected chi connectivity index (χ3v) is 9.11. The maximum atomic E-state index is 13.4. The first-order valence-corrected chi connectivity index (χ1v) is 15.0. The summed E-state index contributed by atoms with van der Waals surface area (Å²) in [5, 5.41) is 13.7. The van der Waals surface area contributed by atoms with Gasteiger partial charge < -0.3 is 20.9 Å². The number of carbonyl (C=O) groups is 1. The number of amides is 1. The Morgan fingerprint density at radius 1 is 1.23 bits per heavy atom. The van der Waals surface area contributed by atoms with Crippen molar-refractivity contribution in [2.75, 3.05) is 34.2 Å². The smallest absolute Gasteiger partial charge is 0.230 e. The summed E-state index contributed by atoms with van der Waals surface area (Å²) in [6, 6.07) is 0.117. The van der Waals surface area contributed by atoms with Crippen molar-refractivity contribution in [1.82, 2.24) is 26.2 Å². The van der Waals surface area contributed by atoms with Crippen LogP contribution in [-0.4, -0.2) is 74.8 Å². The zero-order valence-electron chi connectivity index (χ0n) is 24.0. The summed E-state index contributed by atoms with van der Waals surface area (Å²) < 4.78 is 13.4. The third kappa shape index (κ3) is 7.86. The van der Waals surface area contributed by atoms with Crippen LogP contribution in [0.4, 0.5) is 4.39 Å². The third-order valence-electron chi connectivity index (χ3n) is 7.74. The molecule has 9 heteroatoms. The Kier molecular flexibility index (Phi) is 10.6. The van der Waals surface area contributed by atoms with Gasteiger partial charge in [0.15, 0.2) is 0 Å². The Hall–Kier alpha value is -2.88. The van der Waals surface area contributed by atoms with Crippen LogP contribution >= 0.6 is 11.8 Å². The molecule has 0 radical (unpaired) electrons. The Balaban J connectivity index is 1.29. The molecule has 0 spiro atoms. The second kappa shape index (κ2) is 14.1. The first kappa shape index (κ1) is 30.1. The molecule has 4 aliphatic rings. The van der Waals surface area contributed by atoms with Crippen LogP contribution in [-0.2, 0) is 4.79 Å². The summed E-state index contributed by atoms with van der Waals surface area (Å²) >= 11 is 1.89. The van der Waals surface area contributed by atoms with Crippen molar-refractivity contribution >= 4 is 23.9 Å². The van der Waals surface area contributed by atoms with Crippen LogP contribution in [0.1, 0.15) is 32.6 Å². The molecule has 2 heterocycles. The van der Waals surface area contributed by atoms with Crippen LogP contribution in [0.3, 0.4) is 0 Å². The highest BCUT2D eigenvalue weighted by Gasteiger charge is 2.30. The number of hydrogen-bond acceptors (Lipinski definition) is 7. The molecule has 2 aliphatic heterocycles. The summed E-state index contributed by atoms with van der Waals surface area (Å²) in [7, 11) is 6.09. The summed E-state index contributed by atoms with van der Waals surface area (Å²) in [6.45, 7) is 7.38. The molecule has 0 saturated carbocycles. The normalized spacial score (nSPS) is 26.7. The van der Waals surface area contributed by atoms with Crippen molar-refractivity contribution in [2.24, 2.45) is 10.9 Å². The van der Waals surface area contributed by atoms with Gasteiger partial charge in [0.05, 0.1) is 12.0 Å². The van der Waals surface area contributed by atoms with E-state index in [1.54, 1.807) is 12.3 Å². The molecule has 0 saturated heterocycles. The first-order chi connectivity index (χ1) is 19.2. The second-order valence-electron chi connectivity index (χ2n) is 10.8. The number of dihydropyridines is 1. The van der Waals surface area contributed by atoms with Gasteiger partial charge in [-0.2, -0.15) is 0 Å². The van der Waals surface area contributed by atoms with Gasteiger partial charge in [-0.3, -0.25) is 15.1 Å². The molecule has 0 bridgehead atoms. The zero-order valence-corrected chi connectivity index (χ0v) is 24.9. The van der Waals surface area contributed by atoms with Crippen molar-refractivity contribution in [2.45, 2.75) is 56.1 Å². The standard InChI is InChI=1S/C31H43FN6OS/c1-20(33-3)18-35-27-14-10-23(17-28(27)38(4)5)29-15-13-25(40-29)19-36-30-26(7-6-16-34-30)31(39)37-21(2)22-8-11-24(32)12-9-22/h6-8,10-11,13,16-17,21,26-27,29-30,33,35-36H,1,9,12,14-15,18-19H2,2-5H3,(H,37,39)/t21-,26+,27-,29-,30?/m0/s1. The number of halogens is 1. The van der Waals surface area contributed by atoms with Crippen molar-refractivity contribution in [3.63, 3.8) is 0 Å². The van der Waals surface area contributed by atoms with Gasteiger partial charge in [-0.15, -0.1) is 11.8 Å². The lowest BCUT2D eigenvalue weighted by molar-refractivity contribution is -0.124. The van der Waals surface area contributed by atoms with Crippen LogP contribution in [0, 0.1) is 5.92 Å². The minimum absolute atomic E-state index is 0.0740. The van der Waals surface area contributed by atoms with E-state index in [-0.39, 0.29) is 30.0 Å². The summed E-state index contributed by atoms with van der Waals surface area (Å²) in [6.07, 6.45) is 18.4. The van der Waals surface area contributed by atoms with Crippen LogP contribution < -0.4 is 21.3 Å². The van der Waals surface area contributed by atoms with E-state index < -0.39 is 5.92 Å². The fourth-order valence-electron chi connectivity index (χ4n) is 5.24. The predicted molar refractivity (Wildman–Crippen MR) is 166 cm³/mol. The van der Waals surface area contributed by atoms with E-state index in [1.807, 2.05) is 37.9 Å². The molecule has 1 unspecified atom stereocenters. The molecule has 4 rings (SSSR count). The number of likely N-dealkylation sites (N-methyl/N-ethyl adjacent to an activating group) is 2. The van der Waals surface area contributed by atoms with Crippen LogP contribution in [0.15, 0.2) is 87.4 Å². The van der Waals surface area contributed by atoms with E-state index in [9.17, 15) is 9.18 Å². The molecule has 0 fully saturated rings. The molecule has 0 aromatic carbocycles. The average Bonchev–Trinajstić information content (AvgIpc) is 3.44. The Bertz CT molecular complexity index is 1180. The number of nitrogens with one attached hydrogen (secondary N) is 4. The molecule has 5 atom stereocenters.